The summed E-state index contributed by atoms with van der Waals surface area (Å²) in [5, 5.41) is 19.0. The van der Waals surface area contributed by atoms with Crippen LogP contribution in [0.1, 0.15) is 16.7 Å². The minimum Gasteiger partial charge on any atom is -0.358 e. The van der Waals surface area contributed by atoms with E-state index in [1.54, 1.807) is 37.4 Å². The van der Waals surface area contributed by atoms with Gasteiger partial charge in [-0.05, 0) is 47.5 Å². The molecular formula is C26H23Cl2N7O. The molecule has 0 unspecified atom stereocenters. The van der Waals surface area contributed by atoms with Gasteiger partial charge in [-0.15, -0.1) is 0 Å². The van der Waals surface area contributed by atoms with Crippen molar-refractivity contribution < 1.29 is 4.79 Å². The van der Waals surface area contributed by atoms with Gasteiger partial charge in [0.15, 0.2) is 0 Å². The number of halogens is 2. The van der Waals surface area contributed by atoms with Gasteiger partial charge in [-0.1, -0.05) is 41.4 Å². The van der Waals surface area contributed by atoms with E-state index in [9.17, 15) is 4.79 Å². The number of benzene rings is 2. The summed E-state index contributed by atoms with van der Waals surface area (Å²) in [7, 11) is 1.73. The number of nitrogens with zero attached hydrogens (tertiary/aromatic N) is 4. The highest BCUT2D eigenvalue weighted by atomic mass is 35.5. The van der Waals surface area contributed by atoms with Crippen molar-refractivity contribution in [2.75, 3.05) is 17.7 Å². The van der Waals surface area contributed by atoms with E-state index in [1.807, 2.05) is 47.3 Å². The molecule has 0 bridgehead atoms. The molecule has 2 aromatic carbocycles. The summed E-state index contributed by atoms with van der Waals surface area (Å²) in [4.78, 5) is 22.3. The van der Waals surface area contributed by atoms with E-state index >= 15 is 0 Å². The Morgan fingerprint density at radius 2 is 1.75 bits per heavy atom. The molecule has 3 N–H and O–H groups in total. The molecule has 0 aliphatic rings. The van der Waals surface area contributed by atoms with Crippen molar-refractivity contribution in [3.63, 3.8) is 0 Å². The summed E-state index contributed by atoms with van der Waals surface area (Å²) in [5.74, 6) is 1.32. The van der Waals surface area contributed by atoms with Crippen LogP contribution >= 0.6 is 23.2 Å². The van der Waals surface area contributed by atoms with E-state index in [0.29, 0.717) is 46.2 Å². The molecule has 2 aromatic heterocycles. The van der Waals surface area contributed by atoms with Gasteiger partial charge in [0.05, 0.1) is 21.7 Å². The Bertz CT molecular complexity index is 1380. The minimum absolute atomic E-state index is 0.224. The third-order valence-electron chi connectivity index (χ3n) is 5.42. The lowest BCUT2D eigenvalue weighted by atomic mass is 10.0. The van der Waals surface area contributed by atoms with E-state index in [1.165, 1.54) is 0 Å². The number of rotatable bonds is 9. The van der Waals surface area contributed by atoms with Crippen LogP contribution in [0.2, 0.25) is 10.0 Å². The van der Waals surface area contributed by atoms with Crippen LogP contribution in [0.25, 0.3) is 5.82 Å². The first-order chi connectivity index (χ1) is 17.4. The molecule has 1 atom stereocenters. The van der Waals surface area contributed by atoms with E-state index < -0.39 is 6.04 Å². The Morgan fingerprint density at radius 1 is 1.03 bits per heavy atom. The predicted molar refractivity (Wildman–Crippen MR) is 141 cm³/mol. The van der Waals surface area contributed by atoms with Gasteiger partial charge in [-0.25, -0.2) is 0 Å². The largest absolute Gasteiger partial charge is 0.358 e. The number of nitrogens with one attached hydrogen (secondary N) is 3. The molecule has 0 aliphatic heterocycles. The second-order valence-corrected chi connectivity index (χ2v) is 8.77. The maximum atomic E-state index is 13.3. The Balaban J connectivity index is 1.58. The van der Waals surface area contributed by atoms with Crippen LogP contribution in [0.5, 0.6) is 0 Å². The van der Waals surface area contributed by atoms with Gasteiger partial charge in [0.1, 0.15) is 17.7 Å². The molecule has 2 heterocycles. The van der Waals surface area contributed by atoms with E-state index in [0.717, 1.165) is 11.1 Å². The maximum Gasteiger partial charge on any atom is 0.243 e. The topological polar surface area (TPSA) is 108 Å². The number of carbonyl (C=O) groups excluding carboxylic acids is 1. The van der Waals surface area contributed by atoms with Crippen LogP contribution in [0.15, 0.2) is 73.1 Å². The van der Waals surface area contributed by atoms with E-state index in [4.69, 9.17) is 28.5 Å². The van der Waals surface area contributed by atoms with Gasteiger partial charge in [0.25, 0.3) is 0 Å². The first-order valence-corrected chi connectivity index (χ1v) is 11.9. The molecule has 0 spiro atoms. The molecule has 0 saturated heterocycles. The van der Waals surface area contributed by atoms with Crippen molar-refractivity contribution in [2.24, 2.45) is 0 Å². The molecule has 0 radical (unpaired) electrons. The van der Waals surface area contributed by atoms with Gasteiger partial charge < -0.3 is 20.5 Å². The first-order valence-electron chi connectivity index (χ1n) is 11.1. The van der Waals surface area contributed by atoms with E-state index in [-0.39, 0.29) is 5.91 Å². The highest BCUT2D eigenvalue weighted by molar-refractivity contribution is 6.42. The normalized spacial score (nSPS) is 11.4. The van der Waals surface area contributed by atoms with Crippen molar-refractivity contribution in [3.8, 4) is 11.9 Å². The highest BCUT2D eigenvalue weighted by Crippen LogP contribution is 2.24. The van der Waals surface area contributed by atoms with Crippen molar-refractivity contribution in [2.45, 2.75) is 19.0 Å². The number of aromatic nitrogens is 3. The molecule has 8 nitrogen and oxygen atoms in total. The molecule has 182 valence electrons. The molecule has 4 rings (SSSR count). The van der Waals surface area contributed by atoms with Crippen molar-refractivity contribution >= 4 is 40.9 Å². The summed E-state index contributed by atoms with van der Waals surface area (Å²) in [6.45, 7) is 0.310. The molecule has 36 heavy (non-hydrogen) atoms. The number of hydrogen-bond acceptors (Lipinski definition) is 6. The molecular weight excluding hydrogens is 497 g/mol. The molecule has 0 saturated carbocycles. The van der Waals surface area contributed by atoms with E-state index in [2.05, 4.69) is 32.0 Å². The van der Waals surface area contributed by atoms with Crippen molar-refractivity contribution in [1.29, 1.82) is 5.26 Å². The number of amides is 1. The van der Waals surface area contributed by atoms with Gasteiger partial charge in [-0.3, -0.25) is 4.79 Å². The number of hydrogen-bond donors (Lipinski definition) is 3. The van der Waals surface area contributed by atoms with Gasteiger partial charge in [-0.2, -0.15) is 15.2 Å². The predicted octanol–water partition coefficient (Wildman–Crippen LogP) is 4.83. The Morgan fingerprint density at radius 3 is 2.42 bits per heavy atom. The Kier molecular flexibility index (Phi) is 8.06. The second kappa shape index (κ2) is 11.6. The number of carbonyl (C=O) groups is 1. The van der Waals surface area contributed by atoms with Crippen molar-refractivity contribution in [3.05, 3.63) is 99.8 Å². The minimum atomic E-state index is -0.669. The summed E-state index contributed by atoms with van der Waals surface area (Å²) in [6.07, 6.45) is 4.10. The zero-order valence-electron chi connectivity index (χ0n) is 19.4. The lowest BCUT2D eigenvalue weighted by Gasteiger charge is -2.20. The number of anilines is 2. The zero-order chi connectivity index (χ0) is 25.5. The SMILES string of the molecule is CNc1nc(N[C@H](Cc2ccc(Cl)c(Cl)c2)C(=O)NCc2ccc(C#N)cc2)cc(-n2cccc2)n1. The molecule has 1 amide bonds. The lowest BCUT2D eigenvalue weighted by Crippen LogP contribution is -2.41. The molecule has 0 fully saturated rings. The lowest BCUT2D eigenvalue weighted by molar-refractivity contribution is -0.122. The fraction of sp³-hybridized carbons (Fsp3) is 0.154. The van der Waals surface area contributed by atoms with Crippen LogP contribution < -0.4 is 16.0 Å². The number of nitriles is 1. The summed E-state index contributed by atoms with van der Waals surface area (Å²) in [6, 6.07) is 19.3. The summed E-state index contributed by atoms with van der Waals surface area (Å²) < 4.78 is 1.85. The third-order valence-corrected chi connectivity index (χ3v) is 6.16. The first kappa shape index (κ1) is 25.0. The second-order valence-electron chi connectivity index (χ2n) is 7.95. The summed E-state index contributed by atoms with van der Waals surface area (Å²) >= 11 is 12.3. The Labute approximate surface area is 218 Å². The summed E-state index contributed by atoms with van der Waals surface area (Å²) in [5.41, 5.74) is 2.28. The zero-order valence-corrected chi connectivity index (χ0v) is 20.9. The fourth-order valence-corrected chi connectivity index (χ4v) is 3.86. The highest BCUT2D eigenvalue weighted by Gasteiger charge is 2.21. The average molecular weight is 520 g/mol. The van der Waals surface area contributed by atoms with Gasteiger partial charge in [0, 0.05) is 38.5 Å². The Hall–Kier alpha value is -4.06. The fourth-order valence-electron chi connectivity index (χ4n) is 3.54. The maximum absolute atomic E-state index is 13.3. The van der Waals surface area contributed by atoms with Crippen LogP contribution in [-0.2, 0) is 17.8 Å². The van der Waals surface area contributed by atoms with Crippen LogP contribution in [0, 0.1) is 11.3 Å². The van der Waals surface area contributed by atoms with Crippen LogP contribution in [0.4, 0.5) is 11.8 Å². The van der Waals surface area contributed by atoms with Crippen LogP contribution in [0.3, 0.4) is 0 Å². The van der Waals surface area contributed by atoms with Gasteiger partial charge in [0.2, 0.25) is 11.9 Å². The molecule has 0 aliphatic carbocycles. The smallest absolute Gasteiger partial charge is 0.243 e. The third kappa shape index (κ3) is 6.33. The van der Waals surface area contributed by atoms with Crippen molar-refractivity contribution in [1.82, 2.24) is 19.9 Å². The monoisotopic (exact) mass is 519 g/mol. The van der Waals surface area contributed by atoms with Gasteiger partial charge >= 0.3 is 0 Å². The van der Waals surface area contributed by atoms with Crippen LogP contribution in [-0.4, -0.2) is 33.5 Å². The average Bonchev–Trinajstić information content (AvgIpc) is 3.44. The molecule has 4 aromatic rings. The quantitative estimate of drug-likeness (QED) is 0.292. The molecule has 10 heteroatoms. The standard InChI is InChI=1S/C26H23Cl2N7O/c1-30-26-33-23(14-24(34-26)35-10-2-3-11-35)32-22(13-19-8-9-20(27)21(28)12-19)25(36)31-16-18-6-4-17(15-29)5-7-18/h2-12,14,22H,13,16H2,1H3,(H,31,36)(H2,30,32,33,34)/t22-/m1/s1.